The first kappa shape index (κ1) is 17.9. The number of benzene rings is 1. The number of aryl methyl sites for hydroxylation is 3. The minimum absolute atomic E-state index is 0.708. The van der Waals surface area contributed by atoms with Gasteiger partial charge in [-0.25, -0.2) is 4.98 Å². The van der Waals surface area contributed by atoms with Crippen molar-refractivity contribution in [3.8, 4) is 0 Å². The van der Waals surface area contributed by atoms with Crippen LogP contribution >= 0.6 is 0 Å². The van der Waals surface area contributed by atoms with Gasteiger partial charge >= 0.3 is 0 Å². The van der Waals surface area contributed by atoms with Gasteiger partial charge in [-0.1, -0.05) is 19.1 Å². The lowest BCUT2D eigenvalue weighted by Gasteiger charge is -2.29. The Morgan fingerprint density at radius 2 is 1.96 bits per heavy atom. The van der Waals surface area contributed by atoms with Crippen molar-refractivity contribution < 1.29 is 4.74 Å². The van der Waals surface area contributed by atoms with Crippen molar-refractivity contribution in [2.24, 2.45) is 7.05 Å². The van der Waals surface area contributed by atoms with Crippen LogP contribution < -0.4 is 10.2 Å². The van der Waals surface area contributed by atoms with E-state index in [-0.39, 0.29) is 0 Å². The number of ether oxygens (including phenoxy) is 1. The van der Waals surface area contributed by atoms with E-state index in [9.17, 15) is 0 Å². The summed E-state index contributed by atoms with van der Waals surface area (Å²) in [5, 5.41) is 8.25. The summed E-state index contributed by atoms with van der Waals surface area (Å²) >= 11 is 0. The van der Waals surface area contributed by atoms with Crippen LogP contribution in [0.3, 0.4) is 0 Å². The molecule has 144 valence electrons. The number of rotatable bonds is 6. The van der Waals surface area contributed by atoms with Crippen LogP contribution in [0.4, 0.5) is 11.8 Å². The predicted molar refractivity (Wildman–Crippen MR) is 108 cm³/mol. The lowest BCUT2D eigenvalue weighted by atomic mass is 10.2. The summed E-state index contributed by atoms with van der Waals surface area (Å²) in [5.74, 6) is 2.11. The van der Waals surface area contributed by atoms with E-state index in [0.717, 1.165) is 56.4 Å². The number of nitrogens with zero attached hydrogens (tertiary/aromatic N) is 5. The second-order valence-corrected chi connectivity index (χ2v) is 7.04. The Hall–Kier alpha value is -2.54. The second kappa shape index (κ2) is 7.60. The summed E-state index contributed by atoms with van der Waals surface area (Å²) in [6.07, 6.45) is 1.07. The number of hydrogen-bond acceptors (Lipinski definition) is 5. The third kappa shape index (κ3) is 3.39. The van der Waals surface area contributed by atoms with Gasteiger partial charge in [0.1, 0.15) is 5.82 Å². The third-order valence-electron chi connectivity index (χ3n) is 5.15. The number of anilines is 2. The van der Waals surface area contributed by atoms with E-state index in [1.807, 2.05) is 17.8 Å². The Kier molecular flexibility index (Phi) is 5.03. The smallest absolute Gasteiger partial charge is 0.204 e. The molecule has 0 spiro atoms. The number of morpholine rings is 1. The maximum absolute atomic E-state index is 5.51. The quantitative estimate of drug-likeness (QED) is 0.725. The van der Waals surface area contributed by atoms with Crippen LogP contribution in [0.2, 0.25) is 0 Å². The standard InChI is InChI=1S/C20H28N6O/c1-4-9-26-18-8-6-5-7-17(18)22-20(26)21-14-16-15(2)23-24(3)19(16)25-10-12-27-13-11-25/h5-8H,4,9-14H2,1-3H3,(H,21,22). The highest BCUT2D eigenvalue weighted by atomic mass is 16.5. The second-order valence-electron chi connectivity index (χ2n) is 7.04. The van der Waals surface area contributed by atoms with Crippen molar-refractivity contribution in [1.29, 1.82) is 0 Å². The first-order valence-electron chi connectivity index (χ1n) is 9.73. The SMILES string of the molecule is CCCn1c(NCc2c(C)nn(C)c2N2CCOCC2)nc2ccccc21. The largest absolute Gasteiger partial charge is 0.378 e. The predicted octanol–water partition coefficient (Wildman–Crippen LogP) is 2.94. The highest BCUT2D eigenvalue weighted by Gasteiger charge is 2.21. The van der Waals surface area contributed by atoms with Gasteiger partial charge in [0.15, 0.2) is 0 Å². The number of hydrogen-bond donors (Lipinski definition) is 1. The van der Waals surface area contributed by atoms with Crippen molar-refractivity contribution in [1.82, 2.24) is 19.3 Å². The maximum atomic E-state index is 5.51. The molecular formula is C20H28N6O. The molecule has 4 rings (SSSR count). The molecule has 0 aliphatic carbocycles. The van der Waals surface area contributed by atoms with Gasteiger partial charge in [0.05, 0.1) is 29.9 Å². The number of aromatic nitrogens is 4. The molecule has 2 aromatic heterocycles. The summed E-state index contributed by atoms with van der Waals surface area (Å²) in [6.45, 7) is 9.27. The van der Waals surface area contributed by atoms with Gasteiger partial charge < -0.3 is 19.5 Å². The average Bonchev–Trinajstić information content (AvgIpc) is 3.17. The molecule has 3 heterocycles. The molecule has 7 heteroatoms. The monoisotopic (exact) mass is 368 g/mol. The fourth-order valence-electron chi connectivity index (χ4n) is 3.90. The van der Waals surface area contributed by atoms with Gasteiger partial charge in [-0.3, -0.25) is 4.68 Å². The lowest BCUT2D eigenvalue weighted by molar-refractivity contribution is 0.122. The van der Waals surface area contributed by atoms with Crippen LogP contribution in [0.5, 0.6) is 0 Å². The topological polar surface area (TPSA) is 60.1 Å². The van der Waals surface area contributed by atoms with Gasteiger partial charge in [0, 0.05) is 38.8 Å². The molecule has 0 saturated carbocycles. The van der Waals surface area contributed by atoms with Crippen LogP contribution in [-0.4, -0.2) is 45.6 Å². The van der Waals surface area contributed by atoms with Crippen LogP contribution in [0, 0.1) is 6.92 Å². The van der Waals surface area contributed by atoms with E-state index in [1.54, 1.807) is 0 Å². The molecular weight excluding hydrogens is 340 g/mol. The summed E-state index contributed by atoms with van der Waals surface area (Å²) in [5.41, 5.74) is 4.50. The summed E-state index contributed by atoms with van der Waals surface area (Å²) in [4.78, 5) is 7.19. The summed E-state index contributed by atoms with van der Waals surface area (Å²) in [7, 11) is 2.02. The van der Waals surface area contributed by atoms with Gasteiger partial charge in [0.2, 0.25) is 5.95 Å². The molecule has 0 amide bonds. The van der Waals surface area contributed by atoms with Crippen molar-refractivity contribution in [3.63, 3.8) is 0 Å². The molecule has 1 N–H and O–H groups in total. The molecule has 1 aliphatic rings. The lowest BCUT2D eigenvalue weighted by Crippen LogP contribution is -2.38. The minimum atomic E-state index is 0.708. The van der Waals surface area contributed by atoms with Crippen LogP contribution in [-0.2, 0) is 24.9 Å². The first-order valence-corrected chi connectivity index (χ1v) is 9.73. The maximum Gasteiger partial charge on any atom is 0.204 e. The van der Waals surface area contributed by atoms with Crippen LogP contribution in [0.1, 0.15) is 24.6 Å². The number of imidazole rings is 1. The molecule has 0 atom stereocenters. The number of fused-ring (bicyclic) bond motifs is 1. The third-order valence-corrected chi connectivity index (χ3v) is 5.15. The highest BCUT2D eigenvalue weighted by molar-refractivity contribution is 5.78. The fourth-order valence-corrected chi connectivity index (χ4v) is 3.90. The van der Waals surface area contributed by atoms with E-state index >= 15 is 0 Å². The van der Waals surface area contributed by atoms with Crippen molar-refractivity contribution in [3.05, 3.63) is 35.5 Å². The number of para-hydroxylation sites is 2. The van der Waals surface area contributed by atoms with E-state index in [2.05, 4.69) is 51.9 Å². The zero-order valence-corrected chi connectivity index (χ0v) is 16.4. The molecule has 0 bridgehead atoms. The molecule has 0 unspecified atom stereocenters. The van der Waals surface area contributed by atoms with Gasteiger partial charge in [-0.15, -0.1) is 0 Å². The van der Waals surface area contributed by atoms with Crippen molar-refractivity contribution in [2.75, 3.05) is 36.5 Å². The van der Waals surface area contributed by atoms with E-state index < -0.39 is 0 Å². The molecule has 27 heavy (non-hydrogen) atoms. The Morgan fingerprint density at radius 1 is 1.19 bits per heavy atom. The number of nitrogens with one attached hydrogen (secondary N) is 1. The Bertz CT molecular complexity index is 922. The molecule has 1 aliphatic heterocycles. The molecule has 1 aromatic carbocycles. The average molecular weight is 368 g/mol. The van der Waals surface area contributed by atoms with Gasteiger partial charge in [0.25, 0.3) is 0 Å². The van der Waals surface area contributed by atoms with E-state index in [0.29, 0.717) is 6.54 Å². The van der Waals surface area contributed by atoms with E-state index in [4.69, 9.17) is 9.72 Å². The molecule has 7 nitrogen and oxygen atoms in total. The van der Waals surface area contributed by atoms with Crippen molar-refractivity contribution in [2.45, 2.75) is 33.4 Å². The normalized spacial score (nSPS) is 14.9. The molecule has 1 saturated heterocycles. The Labute approximate surface area is 159 Å². The Morgan fingerprint density at radius 3 is 2.74 bits per heavy atom. The first-order chi connectivity index (χ1) is 13.2. The zero-order valence-electron chi connectivity index (χ0n) is 16.4. The highest BCUT2D eigenvalue weighted by Crippen LogP contribution is 2.26. The van der Waals surface area contributed by atoms with Gasteiger partial charge in [-0.05, 0) is 25.5 Å². The minimum Gasteiger partial charge on any atom is -0.378 e. The zero-order chi connectivity index (χ0) is 18.8. The molecule has 3 aromatic rings. The van der Waals surface area contributed by atoms with E-state index in [1.165, 1.54) is 16.9 Å². The molecule has 1 fully saturated rings. The van der Waals surface area contributed by atoms with Crippen LogP contribution in [0.25, 0.3) is 11.0 Å². The summed E-state index contributed by atoms with van der Waals surface area (Å²) < 4.78 is 9.78. The van der Waals surface area contributed by atoms with Gasteiger partial charge in [-0.2, -0.15) is 5.10 Å². The summed E-state index contributed by atoms with van der Waals surface area (Å²) in [6, 6.07) is 8.32. The Balaban J connectivity index is 1.62. The fraction of sp³-hybridized carbons (Fsp3) is 0.500. The van der Waals surface area contributed by atoms with Crippen molar-refractivity contribution >= 4 is 22.8 Å². The van der Waals surface area contributed by atoms with Crippen LogP contribution in [0.15, 0.2) is 24.3 Å². The molecule has 0 radical (unpaired) electrons.